The molecule has 1 unspecified atom stereocenters. The molecule has 0 fully saturated rings. The topological polar surface area (TPSA) is 46.6 Å². The number of anilines is 1. The predicted molar refractivity (Wildman–Crippen MR) is 128 cm³/mol. The highest BCUT2D eigenvalue weighted by Crippen LogP contribution is 2.48. The van der Waals surface area contributed by atoms with Crippen LogP contribution in [0, 0.1) is 5.41 Å². The van der Waals surface area contributed by atoms with Crippen molar-refractivity contribution in [2.45, 2.75) is 65.7 Å². The first-order chi connectivity index (χ1) is 15.2. The van der Waals surface area contributed by atoms with E-state index in [0.717, 1.165) is 28.3 Å². The van der Waals surface area contributed by atoms with Crippen LogP contribution in [0.2, 0.25) is 0 Å². The fraction of sp³-hybridized carbons (Fsp3) is 0.429. The van der Waals surface area contributed by atoms with E-state index in [0.29, 0.717) is 31.8 Å². The summed E-state index contributed by atoms with van der Waals surface area (Å²) in [6, 6.07) is 16.0. The van der Waals surface area contributed by atoms with Gasteiger partial charge in [0.25, 0.3) is 0 Å². The molecule has 0 saturated heterocycles. The molecular weight excluding hydrogens is 398 g/mol. The first-order valence-electron chi connectivity index (χ1n) is 11.6. The minimum atomic E-state index is -0.179. The van der Waals surface area contributed by atoms with Crippen molar-refractivity contribution < 1.29 is 14.3 Å². The zero-order chi connectivity index (χ0) is 23.0. The number of allylic oxidation sites excluding steroid dienone is 2. The van der Waals surface area contributed by atoms with Crippen molar-refractivity contribution in [2.24, 2.45) is 5.41 Å². The van der Waals surface area contributed by atoms with Gasteiger partial charge in [-0.1, -0.05) is 52.0 Å². The second kappa shape index (κ2) is 8.57. The Labute approximate surface area is 191 Å². The van der Waals surface area contributed by atoms with Crippen molar-refractivity contribution in [2.75, 3.05) is 11.5 Å². The fourth-order valence-corrected chi connectivity index (χ4v) is 4.97. The molecule has 2 aliphatic rings. The summed E-state index contributed by atoms with van der Waals surface area (Å²) in [5.41, 5.74) is 4.61. The van der Waals surface area contributed by atoms with E-state index in [9.17, 15) is 9.59 Å². The number of carbonyl (C=O) groups is 2. The van der Waals surface area contributed by atoms with Gasteiger partial charge < -0.3 is 4.74 Å². The van der Waals surface area contributed by atoms with E-state index in [4.69, 9.17) is 4.74 Å². The summed E-state index contributed by atoms with van der Waals surface area (Å²) in [5.74, 6) is 1.24. The maximum atomic E-state index is 13.5. The van der Waals surface area contributed by atoms with Gasteiger partial charge in [-0.25, -0.2) is 0 Å². The van der Waals surface area contributed by atoms with Gasteiger partial charge >= 0.3 is 0 Å². The molecule has 32 heavy (non-hydrogen) atoms. The van der Waals surface area contributed by atoms with E-state index in [-0.39, 0.29) is 23.0 Å². The van der Waals surface area contributed by atoms with Crippen LogP contribution in [0.15, 0.2) is 59.8 Å². The first kappa shape index (κ1) is 22.3. The van der Waals surface area contributed by atoms with Gasteiger partial charge in [0.05, 0.1) is 6.61 Å². The molecule has 0 bridgehead atoms. The van der Waals surface area contributed by atoms with Gasteiger partial charge in [0.1, 0.15) is 5.75 Å². The first-order valence-corrected chi connectivity index (χ1v) is 11.6. The van der Waals surface area contributed by atoms with Crippen LogP contribution in [0.25, 0.3) is 0 Å². The normalized spacial score (nSPS) is 20.6. The van der Waals surface area contributed by atoms with Gasteiger partial charge in [-0.05, 0) is 60.1 Å². The maximum absolute atomic E-state index is 13.5. The van der Waals surface area contributed by atoms with Gasteiger partial charge in [-0.2, -0.15) is 0 Å². The fourth-order valence-electron chi connectivity index (χ4n) is 4.97. The van der Waals surface area contributed by atoms with E-state index in [1.165, 1.54) is 5.56 Å². The third kappa shape index (κ3) is 4.23. The number of nitrogens with zero attached hydrogens (tertiary/aromatic N) is 1. The van der Waals surface area contributed by atoms with E-state index < -0.39 is 0 Å². The highest BCUT2D eigenvalue weighted by atomic mass is 16.5. The zero-order valence-corrected chi connectivity index (χ0v) is 19.8. The molecule has 0 N–H and O–H groups in total. The summed E-state index contributed by atoms with van der Waals surface area (Å²) in [6.07, 6.45) is 1.52. The minimum absolute atomic E-state index is 0.0383. The molecule has 1 atom stereocenters. The van der Waals surface area contributed by atoms with Gasteiger partial charge in [0.15, 0.2) is 5.78 Å². The third-order valence-electron chi connectivity index (χ3n) is 6.55. The summed E-state index contributed by atoms with van der Waals surface area (Å²) < 4.78 is 5.56. The average molecular weight is 432 g/mol. The quantitative estimate of drug-likeness (QED) is 0.552. The lowest BCUT2D eigenvalue weighted by atomic mass is 9.69. The second-order valence-corrected chi connectivity index (χ2v) is 10.0. The van der Waals surface area contributed by atoms with Gasteiger partial charge in [-0.15, -0.1) is 0 Å². The maximum Gasteiger partial charge on any atom is 0.232 e. The molecule has 168 valence electrons. The molecule has 1 amide bonds. The predicted octanol–water partition coefficient (Wildman–Crippen LogP) is 6.37. The second-order valence-electron chi connectivity index (χ2n) is 10.0. The Hall–Kier alpha value is -2.88. The SMILES string of the molecule is CCOc1ccc(N2C(=O)CC(c3ccc(C(C)C)cc3)C3=C2CC(C)(C)CC3=O)cc1. The number of ether oxygens (including phenoxy) is 1. The number of benzene rings is 2. The number of amides is 1. The lowest BCUT2D eigenvalue weighted by Crippen LogP contribution is -2.43. The van der Waals surface area contributed by atoms with Crippen LogP contribution in [-0.2, 0) is 9.59 Å². The number of hydrogen-bond acceptors (Lipinski definition) is 3. The van der Waals surface area contributed by atoms with Crippen LogP contribution in [-0.4, -0.2) is 18.3 Å². The van der Waals surface area contributed by atoms with Crippen molar-refractivity contribution >= 4 is 17.4 Å². The molecule has 0 saturated carbocycles. The van der Waals surface area contributed by atoms with Crippen LogP contribution >= 0.6 is 0 Å². The molecular formula is C28H33NO3. The Bertz CT molecular complexity index is 1050. The van der Waals surface area contributed by atoms with E-state index in [1.54, 1.807) is 4.90 Å². The molecule has 1 aliphatic heterocycles. The lowest BCUT2D eigenvalue weighted by molar-refractivity contribution is -0.121. The van der Waals surface area contributed by atoms with E-state index in [2.05, 4.69) is 52.0 Å². The zero-order valence-electron chi connectivity index (χ0n) is 19.8. The molecule has 4 nitrogen and oxygen atoms in total. The van der Waals surface area contributed by atoms with Crippen LogP contribution in [0.3, 0.4) is 0 Å². The number of ketones is 1. The van der Waals surface area contributed by atoms with Crippen molar-refractivity contribution in [1.82, 2.24) is 0 Å². The Morgan fingerprint density at radius 2 is 1.66 bits per heavy atom. The summed E-state index contributed by atoms with van der Waals surface area (Å²) in [6.45, 7) is 11.1. The summed E-state index contributed by atoms with van der Waals surface area (Å²) in [7, 11) is 0. The molecule has 2 aromatic rings. The van der Waals surface area contributed by atoms with Crippen LogP contribution in [0.4, 0.5) is 5.69 Å². The standard InChI is InChI=1S/C28H33NO3/c1-6-32-22-13-11-21(12-14-22)29-24-16-28(4,5)17-25(30)27(24)23(15-26(29)31)20-9-7-19(8-10-20)18(2)3/h7-14,18,23H,6,15-17H2,1-5H3. The summed E-state index contributed by atoms with van der Waals surface area (Å²) >= 11 is 0. The Morgan fingerprint density at radius 1 is 1.00 bits per heavy atom. The van der Waals surface area contributed by atoms with Crippen molar-refractivity contribution in [3.8, 4) is 5.75 Å². The number of rotatable bonds is 5. The van der Waals surface area contributed by atoms with Crippen molar-refractivity contribution in [1.29, 1.82) is 0 Å². The Kier molecular flexibility index (Phi) is 5.98. The Balaban J connectivity index is 1.80. The number of hydrogen-bond donors (Lipinski definition) is 0. The van der Waals surface area contributed by atoms with Crippen LogP contribution in [0.5, 0.6) is 5.75 Å². The molecule has 0 radical (unpaired) electrons. The lowest BCUT2D eigenvalue weighted by Gasteiger charge is -2.43. The highest BCUT2D eigenvalue weighted by Gasteiger charge is 2.44. The van der Waals surface area contributed by atoms with Gasteiger partial charge in [0, 0.05) is 35.7 Å². The van der Waals surface area contributed by atoms with E-state index in [1.807, 2.05) is 31.2 Å². The van der Waals surface area contributed by atoms with E-state index >= 15 is 0 Å². The molecule has 1 heterocycles. The molecule has 0 spiro atoms. The van der Waals surface area contributed by atoms with Crippen LogP contribution in [0.1, 0.15) is 76.8 Å². The minimum Gasteiger partial charge on any atom is -0.494 e. The third-order valence-corrected chi connectivity index (χ3v) is 6.55. The number of carbonyl (C=O) groups excluding carboxylic acids is 2. The summed E-state index contributed by atoms with van der Waals surface area (Å²) in [4.78, 5) is 28.7. The van der Waals surface area contributed by atoms with Crippen molar-refractivity contribution in [3.63, 3.8) is 0 Å². The number of Topliss-reactive ketones (excluding diaryl/α,β-unsaturated/α-hetero) is 1. The van der Waals surface area contributed by atoms with Gasteiger partial charge in [-0.3, -0.25) is 14.5 Å². The van der Waals surface area contributed by atoms with Crippen molar-refractivity contribution in [3.05, 3.63) is 70.9 Å². The molecule has 4 rings (SSSR count). The highest BCUT2D eigenvalue weighted by molar-refractivity contribution is 6.07. The largest absolute Gasteiger partial charge is 0.494 e. The molecule has 4 heteroatoms. The molecule has 2 aromatic carbocycles. The monoisotopic (exact) mass is 431 g/mol. The van der Waals surface area contributed by atoms with Crippen LogP contribution < -0.4 is 9.64 Å². The molecule has 1 aliphatic carbocycles. The average Bonchev–Trinajstić information content (AvgIpc) is 2.73. The van der Waals surface area contributed by atoms with Gasteiger partial charge in [0.2, 0.25) is 5.91 Å². The summed E-state index contributed by atoms with van der Waals surface area (Å²) in [5, 5.41) is 0. The Morgan fingerprint density at radius 3 is 2.25 bits per heavy atom. The molecule has 0 aromatic heterocycles. The smallest absolute Gasteiger partial charge is 0.232 e.